The Morgan fingerprint density at radius 3 is 2.69 bits per heavy atom. The first-order valence-electron chi connectivity index (χ1n) is 9.35. The molecule has 0 radical (unpaired) electrons. The van der Waals surface area contributed by atoms with Gasteiger partial charge in [-0.3, -0.25) is 0 Å². The van der Waals surface area contributed by atoms with Crippen molar-refractivity contribution < 1.29 is 23.2 Å². The molecule has 0 spiro atoms. The van der Waals surface area contributed by atoms with Gasteiger partial charge in [-0.05, 0) is 77.7 Å². The van der Waals surface area contributed by atoms with Crippen LogP contribution in [0.15, 0.2) is 41.0 Å². The number of hydrogen-bond acceptors (Lipinski definition) is 7. The van der Waals surface area contributed by atoms with E-state index in [2.05, 4.69) is 34.8 Å². The van der Waals surface area contributed by atoms with Crippen LogP contribution in [0.1, 0.15) is 38.1 Å². The minimum absolute atomic E-state index is 0.125. The number of benzene rings is 1. The van der Waals surface area contributed by atoms with Crippen molar-refractivity contribution in [3.05, 3.63) is 52.3 Å². The van der Waals surface area contributed by atoms with Crippen molar-refractivity contribution in [2.24, 2.45) is 0 Å². The molecule has 1 atom stereocenters. The molecule has 1 aromatic carbocycles. The molecular weight excluding hydrogens is 458 g/mol. The minimum Gasteiger partial charge on any atom is -0.482 e. The zero-order valence-corrected chi connectivity index (χ0v) is 19.4. The van der Waals surface area contributed by atoms with Crippen LogP contribution in [0.3, 0.4) is 0 Å². The first kappa shape index (κ1) is 23.5. The summed E-state index contributed by atoms with van der Waals surface area (Å²) in [5, 5.41) is 0.351. The Morgan fingerprint density at radius 2 is 2.03 bits per heavy atom. The van der Waals surface area contributed by atoms with Crippen LogP contribution < -0.4 is 9.47 Å². The second-order valence-corrected chi connectivity index (χ2v) is 8.63. The summed E-state index contributed by atoms with van der Waals surface area (Å²) < 4.78 is 23.0. The molecule has 0 N–H and O–H groups in total. The summed E-state index contributed by atoms with van der Waals surface area (Å²) >= 11 is 4.81. The van der Waals surface area contributed by atoms with Crippen molar-refractivity contribution in [2.75, 3.05) is 19.8 Å². The van der Waals surface area contributed by atoms with E-state index in [9.17, 15) is 4.79 Å². The Hall–Kier alpha value is -1.77. The number of pyridine rings is 1. The molecule has 0 fully saturated rings. The van der Waals surface area contributed by atoms with Crippen molar-refractivity contribution in [1.82, 2.24) is 4.98 Å². The minimum atomic E-state index is -0.396. The van der Waals surface area contributed by atoms with Gasteiger partial charge >= 0.3 is 5.97 Å². The van der Waals surface area contributed by atoms with Gasteiger partial charge in [-0.25, -0.2) is 9.78 Å². The van der Waals surface area contributed by atoms with Gasteiger partial charge in [0.1, 0.15) is 22.7 Å². The lowest BCUT2D eigenvalue weighted by molar-refractivity contribution is -0.145. The largest absolute Gasteiger partial charge is 0.482 e. The Bertz CT molecular complexity index is 802. The predicted molar refractivity (Wildman–Crippen MR) is 117 cm³/mol. The second kappa shape index (κ2) is 12.0. The van der Waals surface area contributed by atoms with Gasteiger partial charge in [0.05, 0.1) is 12.3 Å². The molecule has 0 aliphatic rings. The van der Waals surface area contributed by atoms with E-state index >= 15 is 0 Å². The van der Waals surface area contributed by atoms with Gasteiger partial charge in [-0.15, -0.1) is 0 Å². The molecule has 0 aliphatic heterocycles. The molecule has 0 amide bonds. The molecule has 1 unspecified atom stereocenters. The van der Waals surface area contributed by atoms with Crippen LogP contribution in [0.2, 0.25) is 0 Å². The molecule has 2 rings (SSSR count). The summed E-state index contributed by atoms with van der Waals surface area (Å²) in [6.07, 6.45) is -0.371. The molecule has 0 saturated carbocycles. The van der Waals surface area contributed by atoms with Crippen molar-refractivity contribution in [2.45, 2.75) is 39.0 Å². The lowest BCUT2D eigenvalue weighted by Gasteiger charge is -2.20. The number of aryl methyl sites for hydroxylation is 1. The summed E-state index contributed by atoms with van der Waals surface area (Å²) in [4.78, 5) is 16.0. The summed E-state index contributed by atoms with van der Waals surface area (Å²) in [6.45, 7) is 8.34. The van der Waals surface area contributed by atoms with Gasteiger partial charge in [0.25, 0.3) is 0 Å². The van der Waals surface area contributed by atoms with Crippen LogP contribution in [-0.4, -0.2) is 36.0 Å². The number of halogens is 1. The number of aromatic nitrogens is 1. The average Bonchev–Trinajstić information content (AvgIpc) is 2.66. The number of nitrogens with zero attached hydrogens (tertiary/aromatic N) is 1. The first-order valence-corrected chi connectivity index (χ1v) is 10.9. The van der Waals surface area contributed by atoms with Gasteiger partial charge in [-0.2, -0.15) is 0 Å². The van der Waals surface area contributed by atoms with Crippen LogP contribution >= 0.6 is 28.0 Å². The molecule has 0 saturated heterocycles. The van der Waals surface area contributed by atoms with Crippen LogP contribution in [0.5, 0.6) is 11.5 Å². The van der Waals surface area contributed by atoms with E-state index in [1.165, 1.54) is 12.0 Å². The molecule has 158 valence electrons. The van der Waals surface area contributed by atoms with Gasteiger partial charge in [0.15, 0.2) is 12.7 Å². The summed E-state index contributed by atoms with van der Waals surface area (Å²) in [7, 11) is 0. The van der Waals surface area contributed by atoms with E-state index in [4.69, 9.17) is 18.4 Å². The fourth-order valence-corrected chi connectivity index (χ4v) is 3.21. The van der Waals surface area contributed by atoms with Crippen molar-refractivity contribution in [1.29, 1.82) is 0 Å². The number of rotatable bonds is 11. The highest BCUT2D eigenvalue weighted by molar-refractivity contribution is 9.10. The average molecular weight is 484 g/mol. The fourth-order valence-electron chi connectivity index (χ4n) is 2.38. The number of carbonyl (C=O) groups excluding carboxylic acids is 1. The number of hydrogen-bond donors (Lipinski definition) is 0. The highest BCUT2D eigenvalue weighted by Crippen LogP contribution is 2.28. The predicted octanol–water partition coefficient (Wildman–Crippen LogP) is 5.29. The van der Waals surface area contributed by atoms with Crippen LogP contribution in [0.4, 0.5) is 0 Å². The van der Waals surface area contributed by atoms with Crippen LogP contribution in [0.25, 0.3) is 0 Å². The Balaban J connectivity index is 2.09. The van der Waals surface area contributed by atoms with E-state index in [0.29, 0.717) is 30.0 Å². The monoisotopic (exact) mass is 483 g/mol. The smallest absolute Gasteiger partial charge is 0.344 e. The fraction of sp³-hybridized carbons (Fsp3) is 0.429. The molecule has 0 bridgehead atoms. The zero-order chi connectivity index (χ0) is 21.2. The zero-order valence-electron chi connectivity index (χ0n) is 17.0. The molecule has 29 heavy (non-hydrogen) atoms. The third-order valence-electron chi connectivity index (χ3n) is 3.62. The van der Waals surface area contributed by atoms with Crippen molar-refractivity contribution in [3.63, 3.8) is 0 Å². The van der Waals surface area contributed by atoms with Gasteiger partial charge < -0.3 is 18.4 Å². The molecule has 1 aromatic heterocycles. The molecule has 8 heteroatoms. The van der Waals surface area contributed by atoms with Gasteiger partial charge in [0, 0.05) is 5.25 Å². The molecule has 6 nitrogen and oxygen atoms in total. The lowest BCUT2D eigenvalue weighted by atomic mass is 10.2. The Morgan fingerprint density at radius 1 is 1.24 bits per heavy atom. The maximum Gasteiger partial charge on any atom is 0.344 e. The van der Waals surface area contributed by atoms with E-state index in [0.717, 1.165) is 15.9 Å². The highest BCUT2D eigenvalue weighted by Gasteiger charge is 2.18. The normalized spacial score (nSPS) is 11.9. The molecule has 0 aliphatic carbocycles. The Kier molecular flexibility index (Phi) is 9.76. The number of esters is 1. The first-order chi connectivity index (χ1) is 13.9. The maximum atomic E-state index is 11.5. The SMILES string of the molecule is CCOC(=O)COc1ccc(OC(COSC(C)C)c2cccc(Br)n2)cc1C. The lowest BCUT2D eigenvalue weighted by Crippen LogP contribution is -2.16. The van der Waals surface area contributed by atoms with Gasteiger partial charge in [0.2, 0.25) is 0 Å². The summed E-state index contributed by atoms with van der Waals surface area (Å²) in [5.41, 5.74) is 1.62. The van der Waals surface area contributed by atoms with Crippen LogP contribution in [0, 0.1) is 6.92 Å². The van der Waals surface area contributed by atoms with E-state index in [1.807, 2.05) is 31.2 Å². The quantitative estimate of drug-likeness (QED) is 0.244. The van der Waals surface area contributed by atoms with E-state index < -0.39 is 5.97 Å². The maximum absolute atomic E-state index is 11.5. The topological polar surface area (TPSA) is 66.9 Å². The van der Waals surface area contributed by atoms with E-state index in [1.54, 1.807) is 19.1 Å². The Labute approximate surface area is 184 Å². The van der Waals surface area contributed by atoms with Crippen molar-refractivity contribution in [3.8, 4) is 11.5 Å². The van der Waals surface area contributed by atoms with Crippen molar-refractivity contribution >= 4 is 33.9 Å². The third-order valence-corrected chi connectivity index (χ3v) is 4.72. The number of carbonyl (C=O) groups is 1. The number of ether oxygens (including phenoxy) is 3. The van der Waals surface area contributed by atoms with E-state index in [-0.39, 0.29) is 12.7 Å². The molecular formula is C21H26BrNO5S. The third kappa shape index (κ3) is 8.24. The molecule has 1 heterocycles. The second-order valence-electron chi connectivity index (χ2n) is 6.44. The summed E-state index contributed by atoms with van der Waals surface area (Å²) in [6, 6.07) is 11.1. The van der Waals surface area contributed by atoms with Gasteiger partial charge in [-0.1, -0.05) is 19.9 Å². The highest BCUT2D eigenvalue weighted by atomic mass is 79.9. The van der Waals surface area contributed by atoms with Crippen LogP contribution in [-0.2, 0) is 13.7 Å². The molecule has 2 aromatic rings. The summed E-state index contributed by atoms with van der Waals surface area (Å²) in [5.74, 6) is 0.873. The standard InChI is InChI=1S/C21H26BrNO5S/c1-5-25-21(24)13-26-18-10-9-16(11-15(18)4)28-19(12-27-29-14(2)3)17-7-6-8-20(22)23-17/h6-11,14,19H,5,12-13H2,1-4H3.